The molecule has 1 spiro atoms. The molecule has 268 valence electrons. The van der Waals surface area contributed by atoms with Crippen LogP contribution in [0.3, 0.4) is 0 Å². The maximum absolute atomic E-state index is 15.2. The molecule has 1 aromatic heterocycles. The molecule has 1 heterocycles. The molecule has 1 unspecified atom stereocenters. The summed E-state index contributed by atoms with van der Waals surface area (Å²) in [6.45, 7) is 0. The summed E-state index contributed by atoms with van der Waals surface area (Å²) in [7, 11) is -3.11. The van der Waals surface area contributed by atoms with Gasteiger partial charge in [0.1, 0.15) is 0 Å². The van der Waals surface area contributed by atoms with Crippen molar-refractivity contribution in [1.82, 2.24) is 9.97 Å². The summed E-state index contributed by atoms with van der Waals surface area (Å²) in [5.41, 5.74) is 13.7. The van der Waals surface area contributed by atoms with Crippen LogP contribution in [0, 0.1) is 0 Å². The van der Waals surface area contributed by atoms with Crippen LogP contribution in [0.2, 0.25) is 0 Å². The van der Waals surface area contributed by atoms with Crippen molar-refractivity contribution in [3.8, 4) is 56.2 Å². The van der Waals surface area contributed by atoms with Crippen molar-refractivity contribution < 1.29 is 4.57 Å². The zero-order valence-electron chi connectivity index (χ0n) is 31.0. The Morgan fingerprint density at radius 1 is 0.351 bits per heavy atom. The van der Waals surface area contributed by atoms with Crippen LogP contribution in [0.25, 0.3) is 56.2 Å². The van der Waals surface area contributed by atoms with Gasteiger partial charge in [0.2, 0.25) is 0 Å². The minimum atomic E-state index is -3.11. The van der Waals surface area contributed by atoms with Gasteiger partial charge < -0.3 is 4.57 Å². The van der Waals surface area contributed by atoms with Gasteiger partial charge in [-0.25, -0.2) is 9.97 Å². The van der Waals surface area contributed by atoms with Gasteiger partial charge in [-0.2, -0.15) is 0 Å². The van der Waals surface area contributed by atoms with Gasteiger partial charge in [-0.1, -0.05) is 206 Å². The molecule has 0 radical (unpaired) electrons. The highest BCUT2D eigenvalue weighted by Crippen LogP contribution is 2.64. The molecule has 1 atom stereocenters. The zero-order chi connectivity index (χ0) is 38.0. The molecule has 8 aromatic carbocycles. The van der Waals surface area contributed by atoms with Gasteiger partial charge in [0, 0.05) is 38.2 Å². The molecule has 2 aliphatic rings. The smallest absolute Gasteiger partial charge is 0.171 e. The minimum Gasteiger partial charge on any atom is -0.309 e. The van der Waals surface area contributed by atoms with E-state index in [4.69, 9.17) is 9.97 Å². The molecule has 0 saturated carbocycles. The first-order chi connectivity index (χ1) is 28.2. The molecule has 0 saturated heterocycles. The van der Waals surface area contributed by atoms with Gasteiger partial charge in [-0.3, -0.25) is 0 Å². The largest absolute Gasteiger partial charge is 0.309 e. The summed E-state index contributed by atoms with van der Waals surface area (Å²) in [5.74, 6) is 0.712. The van der Waals surface area contributed by atoms with Crippen molar-refractivity contribution in [2.45, 2.75) is 5.41 Å². The predicted molar refractivity (Wildman–Crippen MR) is 234 cm³/mol. The Morgan fingerprint density at radius 2 is 0.807 bits per heavy atom. The van der Waals surface area contributed by atoms with E-state index in [1.54, 1.807) is 0 Å². The first-order valence-corrected chi connectivity index (χ1v) is 21.1. The maximum atomic E-state index is 15.2. The fraction of sp³-hybridized carbons (Fsp3) is 0.0189. The zero-order valence-corrected chi connectivity index (χ0v) is 31.9. The third-order valence-corrected chi connectivity index (χ3v) is 14.9. The third kappa shape index (κ3) is 4.96. The lowest BCUT2D eigenvalue weighted by Crippen LogP contribution is -2.27. The molecule has 0 aliphatic heterocycles. The molecule has 2 aliphatic carbocycles. The second-order valence-corrected chi connectivity index (χ2v) is 17.5. The lowest BCUT2D eigenvalue weighted by molar-refractivity contribution is 0.592. The monoisotopic (exact) mass is 746 g/mol. The molecule has 0 N–H and O–H groups in total. The predicted octanol–water partition coefficient (Wildman–Crippen LogP) is 11.5. The fourth-order valence-corrected chi connectivity index (χ4v) is 11.9. The van der Waals surface area contributed by atoms with Gasteiger partial charge in [0.05, 0.1) is 16.8 Å². The van der Waals surface area contributed by atoms with Gasteiger partial charge >= 0.3 is 0 Å². The molecule has 57 heavy (non-hydrogen) atoms. The number of hydrogen-bond acceptors (Lipinski definition) is 3. The second kappa shape index (κ2) is 13.1. The van der Waals surface area contributed by atoms with E-state index in [1.165, 1.54) is 27.8 Å². The van der Waals surface area contributed by atoms with Crippen LogP contribution in [-0.4, -0.2) is 9.97 Å². The van der Waals surface area contributed by atoms with E-state index < -0.39 is 12.6 Å². The number of benzene rings is 8. The topological polar surface area (TPSA) is 42.9 Å². The SMILES string of the molecule is O=P(c1ccccc1)(c1ccccc1)c1ccc(-c2ccc3c(c2)C2(c4ccccc4-3)c3ccccc3-c3nc(-c4ccccc4)nc(-c4ccccc4)c32)cc1. The highest BCUT2D eigenvalue weighted by atomic mass is 31.2. The molecule has 0 bridgehead atoms. The second-order valence-electron chi connectivity index (χ2n) is 14.8. The van der Waals surface area contributed by atoms with Crippen molar-refractivity contribution in [2.24, 2.45) is 0 Å². The van der Waals surface area contributed by atoms with E-state index in [0.717, 1.165) is 60.7 Å². The van der Waals surface area contributed by atoms with Gasteiger partial charge in [0.15, 0.2) is 13.0 Å². The normalized spacial score (nSPS) is 14.8. The van der Waals surface area contributed by atoms with E-state index >= 15 is 4.57 Å². The molecule has 0 fully saturated rings. The quantitative estimate of drug-likeness (QED) is 0.159. The Morgan fingerprint density at radius 3 is 1.44 bits per heavy atom. The standard InChI is InChI=1S/C53H35N2OP/c56-57(40-21-9-3-10-22-40,41-23-11-4-12-24-41)42-32-29-36(30-33-42)39-31-34-44-43-25-13-15-27-46(43)53(48(44)35-39)47-28-16-14-26-45(47)51-49(53)50(37-17-5-1-6-18-37)54-52(55-51)38-19-7-2-8-20-38/h1-35H. The molecule has 9 aromatic rings. The Labute approximate surface area is 332 Å². The van der Waals surface area contributed by atoms with E-state index in [1.807, 2.05) is 78.9 Å². The van der Waals surface area contributed by atoms with Gasteiger partial charge in [0.25, 0.3) is 0 Å². The lowest BCUT2D eigenvalue weighted by atomic mass is 9.69. The Bertz CT molecular complexity index is 2980. The van der Waals surface area contributed by atoms with Crippen LogP contribution in [0.4, 0.5) is 0 Å². The number of rotatable bonds is 6. The minimum absolute atomic E-state index is 0.662. The molecular formula is C53H35N2OP. The number of nitrogens with zero attached hydrogens (tertiary/aromatic N) is 2. The van der Waals surface area contributed by atoms with Crippen molar-refractivity contribution in [2.75, 3.05) is 0 Å². The maximum Gasteiger partial charge on any atom is 0.171 e. The molecule has 4 heteroatoms. The van der Waals surface area contributed by atoms with Gasteiger partial charge in [-0.15, -0.1) is 0 Å². The first kappa shape index (κ1) is 33.4. The number of aromatic nitrogens is 2. The fourth-order valence-electron chi connectivity index (χ4n) is 9.29. The van der Waals surface area contributed by atoms with Crippen LogP contribution in [0.5, 0.6) is 0 Å². The van der Waals surface area contributed by atoms with Crippen LogP contribution < -0.4 is 15.9 Å². The lowest BCUT2D eigenvalue weighted by Gasteiger charge is -2.31. The average Bonchev–Trinajstić information content (AvgIpc) is 3.76. The van der Waals surface area contributed by atoms with Crippen LogP contribution in [0.15, 0.2) is 212 Å². The Hall–Kier alpha value is -6.93. The summed E-state index contributed by atoms with van der Waals surface area (Å²) in [4.78, 5) is 10.9. The molecule has 0 amide bonds. The van der Waals surface area contributed by atoms with Crippen molar-refractivity contribution in [3.63, 3.8) is 0 Å². The van der Waals surface area contributed by atoms with Crippen molar-refractivity contribution >= 4 is 23.1 Å². The highest BCUT2D eigenvalue weighted by Gasteiger charge is 2.54. The first-order valence-electron chi connectivity index (χ1n) is 19.4. The van der Waals surface area contributed by atoms with Crippen molar-refractivity contribution in [1.29, 1.82) is 0 Å². The number of hydrogen-bond donors (Lipinski definition) is 0. The van der Waals surface area contributed by atoms with E-state index in [-0.39, 0.29) is 0 Å². The van der Waals surface area contributed by atoms with E-state index in [0.29, 0.717) is 5.82 Å². The summed E-state index contributed by atoms with van der Waals surface area (Å²) < 4.78 is 15.2. The number of fused-ring (bicyclic) bond motifs is 10. The average molecular weight is 747 g/mol. The van der Waals surface area contributed by atoms with Crippen molar-refractivity contribution in [3.05, 3.63) is 235 Å². The third-order valence-electron chi connectivity index (χ3n) is 11.8. The summed E-state index contributed by atoms with van der Waals surface area (Å²) >= 11 is 0. The summed E-state index contributed by atoms with van der Waals surface area (Å²) in [5, 5.41) is 2.46. The molecule has 3 nitrogen and oxygen atoms in total. The highest BCUT2D eigenvalue weighted by molar-refractivity contribution is 7.85. The van der Waals surface area contributed by atoms with Crippen LogP contribution in [-0.2, 0) is 9.98 Å². The van der Waals surface area contributed by atoms with Crippen LogP contribution >= 0.6 is 7.14 Å². The Balaban J connectivity index is 1.14. The summed E-state index contributed by atoms with van der Waals surface area (Å²) in [6.07, 6.45) is 0. The molecular weight excluding hydrogens is 712 g/mol. The van der Waals surface area contributed by atoms with Crippen LogP contribution in [0.1, 0.15) is 22.3 Å². The molecule has 11 rings (SSSR count). The van der Waals surface area contributed by atoms with E-state index in [9.17, 15) is 0 Å². The van der Waals surface area contributed by atoms with E-state index in [2.05, 4.69) is 133 Å². The van der Waals surface area contributed by atoms with Gasteiger partial charge in [-0.05, 0) is 45.0 Å². The summed E-state index contributed by atoms with van der Waals surface area (Å²) in [6, 6.07) is 73.5. The Kier molecular flexibility index (Phi) is 7.67.